The molecule has 0 heterocycles. The van der Waals surface area contributed by atoms with E-state index in [2.05, 4.69) is 0 Å². The number of phenols is 3. The summed E-state index contributed by atoms with van der Waals surface area (Å²) in [5, 5.41) is 28.3. The Morgan fingerprint density at radius 1 is 0.905 bits per heavy atom. The van der Waals surface area contributed by atoms with Gasteiger partial charge in [0.2, 0.25) is 0 Å². The largest absolute Gasteiger partial charge is 0.504 e. The third-order valence-corrected chi connectivity index (χ3v) is 2.70. The van der Waals surface area contributed by atoms with E-state index in [1.807, 2.05) is 0 Å². The van der Waals surface area contributed by atoms with Crippen molar-refractivity contribution >= 4 is 18.1 Å². The van der Waals surface area contributed by atoms with Gasteiger partial charge in [0.1, 0.15) is 0 Å². The third-order valence-electron chi connectivity index (χ3n) is 2.70. The second-order valence-corrected chi connectivity index (χ2v) is 4.40. The number of rotatable bonds is 3. The first-order chi connectivity index (χ1) is 9.95. The topological polar surface area (TPSA) is 87.0 Å². The maximum Gasteiger partial charge on any atom is 0.308 e. The van der Waals surface area contributed by atoms with Crippen LogP contribution in [0, 0.1) is 0 Å². The SMILES string of the molecule is CC(=O)Oc1ccc(/C=C/c2ccc(O)c(O)c2)cc1O. The lowest BCUT2D eigenvalue weighted by Gasteiger charge is -2.04. The summed E-state index contributed by atoms with van der Waals surface area (Å²) in [6.07, 6.45) is 3.42. The highest BCUT2D eigenvalue weighted by Crippen LogP contribution is 2.29. The van der Waals surface area contributed by atoms with Crippen molar-refractivity contribution in [1.29, 1.82) is 0 Å². The second kappa shape index (κ2) is 6.00. The smallest absolute Gasteiger partial charge is 0.308 e. The van der Waals surface area contributed by atoms with Crippen molar-refractivity contribution < 1.29 is 24.9 Å². The predicted octanol–water partition coefficient (Wildman–Crippen LogP) is 2.90. The molecular formula is C16H14O5. The fourth-order valence-corrected chi connectivity index (χ4v) is 1.72. The Hall–Kier alpha value is -2.95. The summed E-state index contributed by atoms with van der Waals surface area (Å²) in [7, 11) is 0. The summed E-state index contributed by atoms with van der Waals surface area (Å²) in [5.41, 5.74) is 1.38. The number of aromatic hydroxyl groups is 3. The second-order valence-electron chi connectivity index (χ2n) is 4.40. The number of esters is 1. The van der Waals surface area contributed by atoms with Gasteiger partial charge in [0.25, 0.3) is 0 Å². The van der Waals surface area contributed by atoms with Crippen LogP contribution >= 0.6 is 0 Å². The minimum atomic E-state index is -0.506. The van der Waals surface area contributed by atoms with Gasteiger partial charge in [0, 0.05) is 6.92 Å². The maximum atomic E-state index is 10.8. The van der Waals surface area contributed by atoms with Crippen molar-refractivity contribution in [1.82, 2.24) is 0 Å². The first-order valence-corrected chi connectivity index (χ1v) is 6.17. The van der Waals surface area contributed by atoms with Crippen LogP contribution in [0.1, 0.15) is 18.1 Å². The lowest BCUT2D eigenvalue weighted by atomic mass is 10.1. The van der Waals surface area contributed by atoms with E-state index in [0.717, 1.165) is 0 Å². The Morgan fingerprint density at radius 3 is 2.00 bits per heavy atom. The first-order valence-electron chi connectivity index (χ1n) is 6.17. The van der Waals surface area contributed by atoms with Gasteiger partial charge < -0.3 is 20.1 Å². The highest BCUT2D eigenvalue weighted by molar-refractivity contribution is 5.73. The number of hydrogen-bond acceptors (Lipinski definition) is 5. The van der Waals surface area contributed by atoms with Crippen LogP contribution in [-0.4, -0.2) is 21.3 Å². The number of hydrogen-bond donors (Lipinski definition) is 3. The van der Waals surface area contributed by atoms with E-state index in [-0.39, 0.29) is 23.0 Å². The van der Waals surface area contributed by atoms with Gasteiger partial charge in [0.15, 0.2) is 23.0 Å². The molecule has 5 heteroatoms. The monoisotopic (exact) mass is 286 g/mol. The highest BCUT2D eigenvalue weighted by atomic mass is 16.5. The van der Waals surface area contributed by atoms with Crippen molar-refractivity contribution in [2.75, 3.05) is 0 Å². The maximum absolute atomic E-state index is 10.8. The van der Waals surface area contributed by atoms with Gasteiger partial charge in [-0.2, -0.15) is 0 Å². The molecule has 5 nitrogen and oxygen atoms in total. The van der Waals surface area contributed by atoms with Crippen LogP contribution < -0.4 is 4.74 Å². The molecule has 0 bridgehead atoms. The Bertz CT molecular complexity index is 704. The summed E-state index contributed by atoms with van der Waals surface area (Å²) in [4.78, 5) is 10.8. The third kappa shape index (κ3) is 3.76. The Balaban J connectivity index is 2.19. The van der Waals surface area contributed by atoms with Crippen LogP contribution in [0.15, 0.2) is 36.4 Å². The molecule has 2 aromatic rings. The molecule has 0 amide bonds. The molecule has 3 N–H and O–H groups in total. The van der Waals surface area contributed by atoms with Gasteiger partial charge in [-0.25, -0.2) is 0 Å². The zero-order chi connectivity index (χ0) is 15.4. The Labute approximate surface area is 121 Å². The van der Waals surface area contributed by atoms with E-state index >= 15 is 0 Å². The van der Waals surface area contributed by atoms with Crippen molar-refractivity contribution in [3.63, 3.8) is 0 Å². The number of benzene rings is 2. The number of phenolic OH excluding ortho intramolecular Hbond substituents is 3. The number of ether oxygens (including phenoxy) is 1. The van der Waals surface area contributed by atoms with E-state index < -0.39 is 5.97 Å². The molecule has 0 saturated heterocycles. The normalized spacial score (nSPS) is 10.7. The highest BCUT2D eigenvalue weighted by Gasteiger charge is 2.05. The molecule has 0 atom stereocenters. The van der Waals surface area contributed by atoms with Gasteiger partial charge in [-0.1, -0.05) is 24.3 Å². The summed E-state index contributed by atoms with van der Waals surface area (Å²) < 4.78 is 4.82. The molecular weight excluding hydrogens is 272 g/mol. The van der Waals surface area contributed by atoms with E-state index in [0.29, 0.717) is 11.1 Å². The van der Waals surface area contributed by atoms with E-state index in [9.17, 15) is 20.1 Å². The molecule has 0 radical (unpaired) electrons. The van der Waals surface area contributed by atoms with Crippen LogP contribution in [0.2, 0.25) is 0 Å². The van der Waals surface area contributed by atoms with Gasteiger partial charge in [-0.05, 0) is 35.4 Å². The summed E-state index contributed by atoms with van der Waals surface area (Å²) in [6, 6.07) is 9.06. The number of carbonyl (C=O) groups excluding carboxylic acids is 1. The van der Waals surface area contributed by atoms with Crippen molar-refractivity contribution in [2.24, 2.45) is 0 Å². The molecule has 0 fully saturated rings. The lowest BCUT2D eigenvalue weighted by molar-refractivity contribution is -0.132. The van der Waals surface area contributed by atoms with Gasteiger partial charge in [-0.3, -0.25) is 4.79 Å². The molecule has 108 valence electrons. The fourth-order valence-electron chi connectivity index (χ4n) is 1.72. The average Bonchev–Trinajstić information content (AvgIpc) is 2.42. The quantitative estimate of drug-likeness (QED) is 0.349. The fraction of sp³-hybridized carbons (Fsp3) is 0.0625. The zero-order valence-electron chi connectivity index (χ0n) is 11.3. The molecule has 2 rings (SSSR count). The summed E-state index contributed by atoms with van der Waals surface area (Å²) in [5.74, 6) is -0.934. The van der Waals surface area contributed by atoms with E-state index in [1.165, 1.54) is 31.2 Å². The van der Waals surface area contributed by atoms with Gasteiger partial charge >= 0.3 is 5.97 Å². The molecule has 2 aromatic carbocycles. The van der Waals surface area contributed by atoms with E-state index in [4.69, 9.17) is 4.74 Å². The molecule has 0 saturated carbocycles. The van der Waals surface area contributed by atoms with Crippen molar-refractivity contribution in [3.8, 4) is 23.0 Å². The summed E-state index contributed by atoms with van der Waals surface area (Å²) in [6.45, 7) is 1.25. The molecule has 21 heavy (non-hydrogen) atoms. The van der Waals surface area contributed by atoms with Crippen molar-refractivity contribution in [3.05, 3.63) is 47.5 Å². The summed E-state index contributed by atoms with van der Waals surface area (Å²) >= 11 is 0. The predicted molar refractivity (Wildman–Crippen MR) is 78.1 cm³/mol. The lowest BCUT2D eigenvalue weighted by Crippen LogP contribution is -2.01. The molecule has 0 aliphatic rings. The number of carbonyl (C=O) groups is 1. The molecule has 0 spiro atoms. The molecule has 0 aliphatic heterocycles. The molecule has 0 aromatic heterocycles. The average molecular weight is 286 g/mol. The molecule has 0 unspecified atom stereocenters. The molecule has 0 aliphatic carbocycles. The van der Waals surface area contributed by atoms with Crippen LogP contribution in [0.25, 0.3) is 12.2 Å². The first kappa shape index (κ1) is 14.5. The Kier molecular flexibility index (Phi) is 4.13. The van der Waals surface area contributed by atoms with Crippen LogP contribution in [0.4, 0.5) is 0 Å². The zero-order valence-corrected chi connectivity index (χ0v) is 11.3. The minimum absolute atomic E-state index is 0.0990. The standard InChI is InChI=1S/C16H14O5/c1-10(17)21-16-7-5-12(9-15(16)20)3-2-11-4-6-13(18)14(19)8-11/h2-9,18-20H,1H3/b3-2+. The van der Waals surface area contributed by atoms with Crippen LogP contribution in [0.3, 0.4) is 0 Å². The Morgan fingerprint density at radius 2 is 1.48 bits per heavy atom. The van der Waals surface area contributed by atoms with Crippen molar-refractivity contribution in [2.45, 2.75) is 6.92 Å². The van der Waals surface area contributed by atoms with Crippen LogP contribution in [0.5, 0.6) is 23.0 Å². The van der Waals surface area contributed by atoms with Crippen LogP contribution in [-0.2, 0) is 4.79 Å². The minimum Gasteiger partial charge on any atom is -0.504 e. The van der Waals surface area contributed by atoms with E-state index in [1.54, 1.807) is 24.3 Å². The van der Waals surface area contributed by atoms with Gasteiger partial charge in [0.05, 0.1) is 0 Å². The van der Waals surface area contributed by atoms with Gasteiger partial charge in [-0.15, -0.1) is 0 Å².